The second-order valence-corrected chi connectivity index (χ2v) is 13.2. The Morgan fingerprint density at radius 3 is 2.28 bits per heavy atom. The Morgan fingerprint density at radius 1 is 0.860 bits per heavy atom. The number of aromatic hydroxyl groups is 2. The molecule has 2 heterocycles. The van der Waals surface area contributed by atoms with Gasteiger partial charge in [0.25, 0.3) is 11.8 Å². The number of carbonyl (C=O) groups is 4. The molecule has 10 heteroatoms. The summed E-state index contributed by atoms with van der Waals surface area (Å²) >= 11 is 14.6. The van der Waals surface area contributed by atoms with E-state index in [-0.39, 0.29) is 42.7 Å². The molecule has 2 aliphatic carbocycles. The zero-order chi connectivity index (χ0) is 30.4. The molecule has 0 spiro atoms. The smallest absolute Gasteiger partial charge is 0.253 e. The van der Waals surface area contributed by atoms with Gasteiger partial charge in [0.15, 0.2) is 9.75 Å². The minimum absolute atomic E-state index is 0.0527. The Morgan fingerprint density at radius 2 is 1.56 bits per heavy atom. The number of benzene rings is 3. The first kappa shape index (κ1) is 27.9. The van der Waals surface area contributed by atoms with Crippen molar-refractivity contribution >= 4 is 57.6 Å². The number of likely N-dealkylation sites (tertiary alicyclic amines) is 2. The number of phenolic OH excluding ortho intramolecular Hbond substituents is 2. The molecule has 3 fully saturated rings. The predicted molar refractivity (Wildman–Crippen MR) is 160 cm³/mol. The first-order chi connectivity index (χ1) is 20.5. The van der Waals surface area contributed by atoms with Crippen LogP contribution in [0.15, 0.2) is 72.3 Å². The van der Waals surface area contributed by atoms with Gasteiger partial charge in [-0.25, -0.2) is 0 Å². The third-order valence-electron chi connectivity index (χ3n) is 9.91. The molecule has 2 N–H and O–H groups in total. The fourth-order valence-corrected chi connectivity index (χ4v) is 8.85. The Bertz CT molecular complexity index is 1770. The molecule has 1 saturated carbocycles. The average molecular weight is 620 g/mol. The largest absolute Gasteiger partial charge is 0.508 e. The van der Waals surface area contributed by atoms with E-state index in [1.54, 1.807) is 42.5 Å². The summed E-state index contributed by atoms with van der Waals surface area (Å²) in [6.07, 6.45) is 2.54. The predicted octanol–water partition coefficient (Wildman–Crippen LogP) is 4.48. The van der Waals surface area contributed by atoms with Crippen LogP contribution in [0.25, 0.3) is 10.8 Å². The molecule has 6 unspecified atom stereocenters. The molecule has 7 rings (SSSR count). The Kier molecular flexibility index (Phi) is 6.21. The second-order valence-electron chi connectivity index (χ2n) is 12.0. The van der Waals surface area contributed by atoms with Gasteiger partial charge in [-0.2, -0.15) is 0 Å². The van der Waals surface area contributed by atoms with E-state index in [1.165, 1.54) is 18.0 Å². The van der Waals surface area contributed by atoms with Crippen molar-refractivity contribution in [2.45, 2.75) is 34.9 Å². The molecule has 0 radical (unpaired) electrons. The summed E-state index contributed by atoms with van der Waals surface area (Å²) in [5.41, 5.74) is 2.19. The van der Waals surface area contributed by atoms with Crippen LogP contribution in [0, 0.1) is 17.8 Å². The van der Waals surface area contributed by atoms with E-state index >= 15 is 0 Å². The Hall–Kier alpha value is -3.88. The van der Waals surface area contributed by atoms with Gasteiger partial charge in [-0.05, 0) is 59.9 Å². The quantitative estimate of drug-likeness (QED) is 0.253. The van der Waals surface area contributed by atoms with Gasteiger partial charge >= 0.3 is 0 Å². The summed E-state index contributed by atoms with van der Waals surface area (Å²) in [7, 11) is 1.36. The van der Waals surface area contributed by atoms with E-state index in [9.17, 15) is 29.4 Å². The van der Waals surface area contributed by atoms with Crippen LogP contribution in [0.5, 0.6) is 11.5 Å². The Balaban J connectivity index is 1.34. The highest BCUT2D eigenvalue weighted by molar-refractivity contribution is 6.53. The van der Waals surface area contributed by atoms with Gasteiger partial charge in [0.2, 0.25) is 11.8 Å². The highest BCUT2D eigenvalue weighted by Crippen LogP contribution is 2.65. The topological polar surface area (TPSA) is 115 Å². The summed E-state index contributed by atoms with van der Waals surface area (Å²) in [6, 6.07) is 17.0. The lowest BCUT2D eigenvalue weighted by molar-refractivity contribution is -0.141. The molecule has 3 aromatic rings. The molecule has 2 saturated heterocycles. The van der Waals surface area contributed by atoms with Gasteiger partial charge in [0.1, 0.15) is 11.5 Å². The van der Waals surface area contributed by atoms with Crippen LogP contribution >= 0.6 is 23.2 Å². The van der Waals surface area contributed by atoms with Crippen molar-refractivity contribution in [3.05, 3.63) is 83.4 Å². The molecular formula is C33H28Cl2N2O6. The van der Waals surface area contributed by atoms with Gasteiger partial charge in [-0.15, -0.1) is 23.2 Å². The minimum atomic E-state index is -1.89. The van der Waals surface area contributed by atoms with Crippen molar-refractivity contribution < 1.29 is 29.4 Å². The zero-order valence-electron chi connectivity index (χ0n) is 23.2. The van der Waals surface area contributed by atoms with Crippen LogP contribution < -0.4 is 0 Å². The summed E-state index contributed by atoms with van der Waals surface area (Å²) in [6.45, 7) is 0.176. The van der Waals surface area contributed by atoms with Gasteiger partial charge in [-0.1, -0.05) is 54.1 Å². The molecule has 220 valence electrons. The second kappa shape index (κ2) is 9.56. The van der Waals surface area contributed by atoms with Crippen molar-refractivity contribution in [3.8, 4) is 11.5 Å². The molecule has 0 bridgehead atoms. The van der Waals surface area contributed by atoms with Crippen molar-refractivity contribution in [1.29, 1.82) is 0 Å². The zero-order valence-corrected chi connectivity index (χ0v) is 24.7. The van der Waals surface area contributed by atoms with Gasteiger partial charge in [0.05, 0.1) is 11.8 Å². The molecule has 4 amide bonds. The summed E-state index contributed by atoms with van der Waals surface area (Å²) < 4.78 is 0. The van der Waals surface area contributed by atoms with E-state index in [4.69, 9.17) is 23.2 Å². The van der Waals surface area contributed by atoms with Gasteiger partial charge in [0, 0.05) is 24.9 Å². The van der Waals surface area contributed by atoms with E-state index in [2.05, 4.69) is 0 Å². The van der Waals surface area contributed by atoms with Crippen LogP contribution in [-0.2, 0) is 25.6 Å². The number of imide groups is 2. The lowest BCUT2D eigenvalue weighted by Crippen LogP contribution is -2.60. The van der Waals surface area contributed by atoms with Crippen molar-refractivity contribution in [2.24, 2.45) is 17.8 Å². The fourth-order valence-electron chi connectivity index (χ4n) is 7.84. The number of hydrogen-bond donors (Lipinski definition) is 2. The fraction of sp³-hybridized carbons (Fsp3) is 0.333. The normalized spacial score (nSPS) is 31.7. The van der Waals surface area contributed by atoms with E-state index in [0.29, 0.717) is 28.3 Å². The third kappa shape index (κ3) is 3.69. The first-order valence-electron chi connectivity index (χ1n) is 14.2. The highest BCUT2D eigenvalue weighted by Gasteiger charge is 2.76. The van der Waals surface area contributed by atoms with E-state index in [0.717, 1.165) is 10.5 Å². The van der Waals surface area contributed by atoms with E-state index in [1.807, 2.05) is 18.2 Å². The SMILES string of the molecule is CN1C(=O)C2(Cl)CC3C(=CCC4C(=O)N(CCc5ccc(O)cc5)C(=O)C43)C(c3ccc(O)c4ccccc34)C2(Cl)C1=O. The van der Waals surface area contributed by atoms with Gasteiger partial charge in [-0.3, -0.25) is 29.0 Å². The number of halogens is 2. The van der Waals surface area contributed by atoms with Crippen LogP contribution in [0.3, 0.4) is 0 Å². The number of amides is 4. The van der Waals surface area contributed by atoms with Crippen molar-refractivity contribution in [2.75, 3.05) is 13.6 Å². The van der Waals surface area contributed by atoms with Gasteiger partial charge < -0.3 is 10.2 Å². The number of rotatable bonds is 4. The monoisotopic (exact) mass is 618 g/mol. The van der Waals surface area contributed by atoms with Crippen molar-refractivity contribution in [1.82, 2.24) is 9.80 Å². The maximum Gasteiger partial charge on any atom is 0.253 e. The maximum atomic E-state index is 14.0. The first-order valence-corrected chi connectivity index (χ1v) is 15.0. The molecule has 3 aromatic carbocycles. The summed E-state index contributed by atoms with van der Waals surface area (Å²) in [4.78, 5) is 53.7. The molecular weight excluding hydrogens is 591 g/mol. The van der Waals surface area contributed by atoms with Crippen molar-refractivity contribution in [3.63, 3.8) is 0 Å². The number of fused-ring (bicyclic) bond motifs is 5. The molecule has 8 nitrogen and oxygen atoms in total. The molecule has 0 aromatic heterocycles. The number of nitrogens with zero attached hydrogens (tertiary/aromatic N) is 2. The van der Waals surface area contributed by atoms with Crippen LogP contribution in [0.1, 0.15) is 29.9 Å². The number of alkyl halides is 2. The third-order valence-corrected chi connectivity index (χ3v) is 11.3. The van der Waals surface area contributed by atoms with E-state index < -0.39 is 45.2 Å². The minimum Gasteiger partial charge on any atom is -0.508 e. The van der Waals surface area contributed by atoms with Crippen LogP contribution in [-0.4, -0.2) is 67.0 Å². The molecule has 4 aliphatic rings. The number of phenols is 2. The summed E-state index contributed by atoms with van der Waals surface area (Å²) in [5.74, 6) is -4.56. The average Bonchev–Trinajstić information content (AvgIpc) is 3.32. The number of hydrogen-bond acceptors (Lipinski definition) is 6. The number of carbonyl (C=O) groups excluding carboxylic acids is 4. The molecule has 6 atom stereocenters. The molecule has 43 heavy (non-hydrogen) atoms. The lowest BCUT2D eigenvalue weighted by atomic mass is 9.56. The Labute approximate surface area is 257 Å². The standard InChI is InChI=1S/C33H28Cl2N2O6/c1-36-30(42)32(34)16-24-22(27(33(32,35)31(36)43)21-12-13-25(39)20-5-3-2-4-19(20)21)10-11-23-26(24)29(41)37(28(23)40)15-14-17-6-8-18(38)9-7-17/h2-10,12-13,23-24,26-27,38-39H,11,14-16H2,1H3. The maximum absolute atomic E-state index is 14.0. The van der Waals surface area contributed by atoms with Crippen LogP contribution in [0.2, 0.25) is 0 Å². The highest BCUT2D eigenvalue weighted by atomic mass is 35.5. The lowest BCUT2D eigenvalue weighted by Gasteiger charge is -2.51. The summed E-state index contributed by atoms with van der Waals surface area (Å²) in [5, 5.41) is 21.4. The molecule has 2 aliphatic heterocycles. The van der Waals surface area contributed by atoms with Crippen LogP contribution in [0.4, 0.5) is 0 Å². The number of allylic oxidation sites excluding steroid dienone is 2.